The van der Waals surface area contributed by atoms with Crippen molar-refractivity contribution < 1.29 is 9.59 Å². The highest BCUT2D eigenvalue weighted by atomic mass is 16.2. The van der Waals surface area contributed by atoms with Gasteiger partial charge in [0.05, 0.1) is 0 Å². The first-order valence-electron chi connectivity index (χ1n) is 3.47. The zero-order valence-electron chi connectivity index (χ0n) is 7.52. The Bertz CT molecular complexity index is 118. The second-order valence-corrected chi connectivity index (χ2v) is 1.83. The number of hydrogen-bond donors (Lipinski definition) is 2. The highest BCUT2D eigenvalue weighted by Crippen LogP contribution is 1.68. The second kappa shape index (κ2) is 8.94. The van der Waals surface area contributed by atoms with E-state index in [1.165, 1.54) is 6.92 Å². The smallest absolute Gasteiger partial charge is 0.219 e. The molecule has 0 bridgehead atoms. The molecule has 4 nitrogen and oxygen atoms in total. The number of hydrogen-bond acceptors (Lipinski definition) is 2. The van der Waals surface area contributed by atoms with E-state index in [-0.39, 0.29) is 11.8 Å². The van der Waals surface area contributed by atoms with Crippen molar-refractivity contribution in [1.82, 2.24) is 10.6 Å². The quantitative estimate of drug-likeness (QED) is 0.562. The van der Waals surface area contributed by atoms with Crippen molar-refractivity contribution in [2.75, 3.05) is 14.1 Å². The van der Waals surface area contributed by atoms with Gasteiger partial charge in [0, 0.05) is 27.4 Å². The molecule has 0 fully saturated rings. The fraction of sp³-hybridized carbons (Fsp3) is 0.714. The molecule has 0 heterocycles. The summed E-state index contributed by atoms with van der Waals surface area (Å²) in [6.45, 7) is 3.29. The van der Waals surface area contributed by atoms with Crippen LogP contribution in [0.15, 0.2) is 0 Å². The van der Waals surface area contributed by atoms with Gasteiger partial charge in [0.25, 0.3) is 0 Å². The molecule has 2 N–H and O–H groups in total. The van der Waals surface area contributed by atoms with Crippen molar-refractivity contribution in [3.05, 3.63) is 0 Å². The van der Waals surface area contributed by atoms with E-state index in [0.29, 0.717) is 6.42 Å². The molecule has 66 valence electrons. The maximum absolute atomic E-state index is 10.1. The molecule has 0 rings (SSSR count). The molecule has 0 atom stereocenters. The van der Waals surface area contributed by atoms with E-state index >= 15 is 0 Å². The predicted molar refractivity (Wildman–Crippen MR) is 44.1 cm³/mol. The first-order valence-corrected chi connectivity index (χ1v) is 3.47. The molecule has 4 heteroatoms. The normalized spacial score (nSPS) is 7.27. The van der Waals surface area contributed by atoms with Crippen LogP contribution in [0.1, 0.15) is 20.3 Å². The summed E-state index contributed by atoms with van der Waals surface area (Å²) in [5, 5.41) is 4.86. The molecule has 0 saturated carbocycles. The lowest BCUT2D eigenvalue weighted by Crippen LogP contribution is -2.15. The van der Waals surface area contributed by atoms with Crippen LogP contribution in [0.4, 0.5) is 0 Å². The molecular weight excluding hydrogens is 144 g/mol. The van der Waals surface area contributed by atoms with Gasteiger partial charge in [-0.05, 0) is 0 Å². The van der Waals surface area contributed by atoms with E-state index in [2.05, 4.69) is 10.6 Å². The van der Waals surface area contributed by atoms with E-state index in [1.54, 1.807) is 14.1 Å². The average Bonchev–Trinajstić information content (AvgIpc) is 2.04. The van der Waals surface area contributed by atoms with Gasteiger partial charge in [-0.15, -0.1) is 0 Å². The minimum atomic E-state index is 0.00463. The summed E-state index contributed by atoms with van der Waals surface area (Å²) in [6.07, 6.45) is 0.580. The molecule has 0 spiro atoms. The molecule has 0 aliphatic heterocycles. The molecule has 0 radical (unpaired) electrons. The Kier molecular flexibility index (Phi) is 10.2. The van der Waals surface area contributed by atoms with Gasteiger partial charge in [0.2, 0.25) is 11.8 Å². The lowest BCUT2D eigenvalue weighted by molar-refractivity contribution is -0.120. The van der Waals surface area contributed by atoms with Crippen molar-refractivity contribution in [3.8, 4) is 0 Å². The van der Waals surface area contributed by atoms with Crippen LogP contribution in [0.25, 0.3) is 0 Å². The molecule has 0 aliphatic rings. The SMILES string of the molecule is CCC(=O)NC.CNC(C)=O. The van der Waals surface area contributed by atoms with E-state index in [9.17, 15) is 9.59 Å². The lowest BCUT2D eigenvalue weighted by Gasteiger charge is -1.87. The summed E-state index contributed by atoms with van der Waals surface area (Å²) in [6, 6.07) is 0. The van der Waals surface area contributed by atoms with Crippen LogP contribution in [0.5, 0.6) is 0 Å². The zero-order valence-corrected chi connectivity index (χ0v) is 7.52. The molecule has 0 unspecified atom stereocenters. The Morgan fingerprint density at radius 1 is 1.18 bits per heavy atom. The van der Waals surface area contributed by atoms with Gasteiger partial charge in [-0.2, -0.15) is 0 Å². The fourth-order valence-corrected chi connectivity index (χ4v) is 0.177. The second-order valence-electron chi connectivity index (χ2n) is 1.83. The number of carbonyl (C=O) groups is 2. The van der Waals surface area contributed by atoms with Gasteiger partial charge >= 0.3 is 0 Å². The summed E-state index contributed by atoms with van der Waals surface area (Å²) in [5.74, 6) is 0.0972. The maximum Gasteiger partial charge on any atom is 0.219 e. The van der Waals surface area contributed by atoms with Crippen molar-refractivity contribution >= 4 is 11.8 Å². The van der Waals surface area contributed by atoms with Crippen LogP contribution in [0.2, 0.25) is 0 Å². The van der Waals surface area contributed by atoms with Crippen LogP contribution in [-0.2, 0) is 9.59 Å². The number of rotatable bonds is 1. The van der Waals surface area contributed by atoms with Gasteiger partial charge in [0.1, 0.15) is 0 Å². The maximum atomic E-state index is 10.1. The average molecular weight is 160 g/mol. The monoisotopic (exact) mass is 160 g/mol. The third-order valence-electron chi connectivity index (χ3n) is 0.952. The summed E-state index contributed by atoms with van der Waals surface area (Å²) < 4.78 is 0. The van der Waals surface area contributed by atoms with Crippen LogP contribution in [0.3, 0.4) is 0 Å². The minimum Gasteiger partial charge on any atom is -0.359 e. The Morgan fingerprint density at radius 3 is 1.55 bits per heavy atom. The summed E-state index contributed by atoms with van der Waals surface area (Å²) in [4.78, 5) is 19.8. The molecule has 0 aliphatic carbocycles. The molecular formula is C7H16N2O2. The van der Waals surface area contributed by atoms with Crippen molar-refractivity contribution in [3.63, 3.8) is 0 Å². The predicted octanol–water partition coefficient (Wildman–Crippen LogP) is -0.105. The highest BCUT2D eigenvalue weighted by Gasteiger charge is 1.84. The van der Waals surface area contributed by atoms with Gasteiger partial charge in [-0.3, -0.25) is 9.59 Å². The topological polar surface area (TPSA) is 58.2 Å². The first kappa shape index (κ1) is 12.6. The number of nitrogens with one attached hydrogen (secondary N) is 2. The van der Waals surface area contributed by atoms with Crippen LogP contribution >= 0.6 is 0 Å². The summed E-state index contributed by atoms with van der Waals surface area (Å²) in [7, 11) is 3.23. The minimum absolute atomic E-state index is 0.00463. The van der Waals surface area contributed by atoms with Gasteiger partial charge < -0.3 is 10.6 Å². The summed E-state index contributed by atoms with van der Waals surface area (Å²) in [5.41, 5.74) is 0. The number of carbonyl (C=O) groups excluding carboxylic acids is 2. The molecule has 0 aromatic heterocycles. The highest BCUT2D eigenvalue weighted by molar-refractivity contribution is 5.75. The van der Waals surface area contributed by atoms with Crippen LogP contribution < -0.4 is 10.6 Å². The van der Waals surface area contributed by atoms with E-state index in [4.69, 9.17) is 0 Å². The molecule has 0 saturated heterocycles. The third kappa shape index (κ3) is 17.6. The first-order chi connectivity index (χ1) is 5.08. The number of amides is 2. The van der Waals surface area contributed by atoms with Crippen molar-refractivity contribution in [1.29, 1.82) is 0 Å². The Labute approximate surface area is 67.4 Å². The largest absolute Gasteiger partial charge is 0.359 e. The Hall–Kier alpha value is -1.06. The zero-order chi connectivity index (χ0) is 9.28. The van der Waals surface area contributed by atoms with E-state index in [1.807, 2.05) is 6.92 Å². The van der Waals surface area contributed by atoms with E-state index in [0.717, 1.165) is 0 Å². The van der Waals surface area contributed by atoms with Gasteiger partial charge in [-0.25, -0.2) is 0 Å². The van der Waals surface area contributed by atoms with E-state index < -0.39 is 0 Å². The molecule has 0 aromatic carbocycles. The lowest BCUT2D eigenvalue weighted by atomic mass is 10.5. The molecule has 0 aromatic rings. The Morgan fingerprint density at radius 2 is 1.55 bits per heavy atom. The van der Waals surface area contributed by atoms with Gasteiger partial charge in [0.15, 0.2) is 0 Å². The molecule has 11 heavy (non-hydrogen) atoms. The van der Waals surface area contributed by atoms with Crippen molar-refractivity contribution in [2.24, 2.45) is 0 Å². The summed E-state index contributed by atoms with van der Waals surface area (Å²) >= 11 is 0. The standard InChI is InChI=1S/C4H9NO.C3H7NO/c1-3-4(6)5-2;1-3(5)4-2/h3H2,1-2H3,(H,5,6);1-2H3,(H,4,5). The fourth-order valence-electron chi connectivity index (χ4n) is 0.177. The Balaban J connectivity index is 0. The molecule has 2 amide bonds. The van der Waals surface area contributed by atoms with Crippen LogP contribution in [-0.4, -0.2) is 25.9 Å². The van der Waals surface area contributed by atoms with Crippen LogP contribution in [0, 0.1) is 0 Å². The van der Waals surface area contributed by atoms with Gasteiger partial charge in [-0.1, -0.05) is 6.92 Å². The third-order valence-corrected chi connectivity index (χ3v) is 0.952. The van der Waals surface area contributed by atoms with Crippen molar-refractivity contribution in [2.45, 2.75) is 20.3 Å².